The molecule has 0 unspecified atom stereocenters. The van der Waals surface area contributed by atoms with E-state index in [4.69, 9.17) is 27.9 Å². The van der Waals surface area contributed by atoms with Gasteiger partial charge in [-0.3, -0.25) is 4.79 Å². The Morgan fingerprint density at radius 2 is 1.59 bits per heavy atom. The van der Waals surface area contributed by atoms with Crippen LogP contribution in [0.15, 0.2) is 54.6 Å². The second kappa shape index (κ2) is 10.1. The zero-order valence-electron chi connectivity index (χ0n) is 16.3. The Labute approximate surface area is 197 Å². The van der Waals surface area contributed by atoms with E-state index >= 15 is 0 Å². The molecule has 0 aliphatic heterocycles. The molecule has 0 aliphatic rings. The first-order chi connectivity index (χ1) is 15.2. The van der Waals surface area contributed by atoms with Gasteiger partial charge in [0, 0.05) is 33.0 Å². The van der Waals surface area contributed by atoms with Crippen molar-refractivity contribution in [1.82, 2.24) is 0 Å². The Hall–Kier alpha value is -3.01. The van der Waals surface area contributed by atoms with Crippen LogP contribution in [0, 0.1) is 11.6 Å². The minimum absolute atomic E-state index is 0.0598. The maximum atomic E-state index is 13.4. The van der Waals surface area contributed by atoms with Crippen molar-refractivity contribution in [1.29, 1.82) is 0 Å². The molecule has 2 N–H and O–H groups in total. The first-order valence-electron chi connectivity index (χ1n) is 8.88. The van der Waals surface area contributed by atoms with E-state index in [1.807, 2.05) is 0 Å². The average molecular weight is 498 g/mol. The second-order valence-electron chi connectivity index (χ2n) is 6.37. The van der Waals surface area contributed by atoms with Crippen LogP contribution in [0.1, 0.15) is 10.4 Å². The zero-order chi connectivity index (χ0) is 23.4. The fraction of sp³-hybridized carbons (Fsp3) is 0.0476. The predicted molar refractivity (Wildman–Crippen MR) is 124 cm³/mol. The van der Waals surface area contributed by atoms with E-state index in [0.717, 1.165) is 16.4 Å². The van der Waals surface area contributed by atoms with Gasteiger partial charge >= 0.3 is 6.03 Å². The SMILES string of the molecule is COc1ccc(C(=O)Nc2ccc(F)c(F)c2)cc1N(S)C(=O)Nc1cc(Cl)cc(Cl)c1. The van der Waals surface area contributed by atoms with Gasteiger partial charge in [-0.2, -0.15) is 0 Å². The van der Waals surface area contributed by atoms with Crippen molar-refractivity contribution < 1.29 is 23.1 Å². The number of nitrogens with one attached hydrogen (secondary N) is 2. The summed E-state index contributed by atoms with van der Waals surface area (Å²) in [6.45, 7) is 0. The van der Waals surface area contributed by atoms with Crippen molar-refractivity contribution in [2.75, 3.05) is 22.0 Å². The molecule has 0 atom stereocenters. The molecular weight excluding hydrogens is 483 g/mol. The van der Waals surface area contributed by atoms with Gasteiger partial charge in [-0.15, -0.1) is 0 Å². The number of nitrogens with zero attached hydrogens (tertiary/aromatic N) is 1. The lowest BCUT2D eigenvalue weighted by Crippen LogP contribution is -2.27. The van der Waals surface area contributed by atoms with Crippen LogP contribution < -0.4 is 19.7 Å². The molecule has 0 fully saturated rings. The van der Waals surface area contributed by atoms with Gasteiger partial charge in [0.05, 0.1) is 12.8 Å². The summed E-state index contributed by atoms with van der Waals surface area (Å²) in [5, 5.41) is 5.69. The molecule has 32 heavy (non-hydrogen) atoms. The van der Waals surface area contributed by atoms with Gasteiger partial charge in [0.2, 0.25) is 0 Å². The summed E-state index contributed by atoms with van der Waals surface area (Å²) in [5.41, 5.74) is 0.657. The van der Waals surface area contributed by atoms with Crippen LogP contribution in [0.4, 0.5) is 30.6 Å². The molecule has 0 spiro atoms. The monoisotopic (exact) mass is 497 g/mol. The highest BCUT2D eigenvalue weighted by molar-refractivity contribution is 7.82. The lowest BCUT2D eigenvalue weighted by atomic mass is 10.1. The number of carbonyl (C=O) groups excluding carboxylic acids is 2. The standard InChI is InChI=1S/C21H15Cl2F2N3O3S/c1-31-19-5-2-11(20(29)26-14-3-4-16(24)17(25)10-14)6-18(19)28(32)21(30)27-15-8-12(22)7-13(23)9-15/h2-10,32H,1H3,(H,26,29)(H,27,30). The quantitative estimate of drug-likeness (QED) is 0.356. The molecule has 0 saturated heterocycles. The Morgan fingerprint density at radius 3 is 2.22 bits per heavy atom. The van der Waals surface area contributed by atoms with Crippen molar-refractivity contribution in [2.45, 2.75) is 0 Å². The van der Waals surface area contributed by atoms with Gasteiger partial charge in [0.1, 0.15) is 5.75 Å². The van der Waals surface area contributed by atoms with Gasteiger partial charge < -0.3 is 15.4 Å². The number of hydrogen-bond donors (Lipinski definition) is 3. The Kier molecular flexibility index (Phi) is 7.44. The number of amides is 3. The third-order valence-electron chi connectivity index (χ3n) is 4.15. The van der Waals surface area contributed by atoms with Crippen LogP contribution in [0.5, 0.6) is 5.75 Å². The van der Waals surface area contributed by atoms with E-state index in [0.29, 0.717) is 15.7 Å². The number of urea groups is 1. The number of halogens is 4. The zero-order valence-corrected chi connectivity index (χ0v) is 18.7. The number of carbonyl (C=O) groups is 2. The van der Waals surface area contributed by atoms with Crippen LogP contribution in [-0.2, 0) is 0 Å². The molecule has 3 aromatic carbocycles. The van der Waals surface area contributed by atoms with Crippen LogP contribution in [0.2, 0.25) is 10.0 Å². The van der Waals surface area contributed by atoms with E-state index in [2.05, 4.69) is 23.4 Å². The molecule has 0 heterocycles. The predicted octanol–water partition coefficient (Wildman–Crippen LogP) is 6.42. The van der Waals surface area contributed by atoms with Gasteiger partial charge in [0.25, 0.3) is 5.91 Å². The summed E-state index contributed by atoms with van der Waals surface area (Å²) in [6.07, 6.45) is 0. The summed E-state index contributed by atoms with van der Waals surface area (Å²) in [5.74, 6) is -2.50. The fourth-order valence-corrected chi connectivity index (χ4v) is 3.42. The summed E-state index contributed by atoms with van der Waals surface area (Å²) in [7, 11) is 1.39. The molecule has 11 heteroatoms. The largest absolute Gasteiger partial charge is 0.495 e. The Morgan fingerprint density at radius 1 is 0.906 bits per heavy atom. The van der Waals surface area contributed by atoms with Gasteiger partial charge in [-0.1, -0.05) is 36.0 Å². The highest BCUT2D eigenvalue weighted by Crippen LogP contribution is 2.32. The lowest BCUT2D eigenvalue weighted by Gasteiger charge is -2.20. The van der Waals surface area contributed by atoms with E-state index in [1.54, 1.807) is 0 Å². The summed E-state index contributed by atoms with van der Waals surface area (Å²) < 4.78 is 32.7. The first-order valence-corrected chi connectivity index (χ1v) is 10.0. The maximum Gasteiger partial charge on any atom is 0.336 e. The molecule has 3 aromatic rings. The molecule has 0 radical (unpaired) electrons. The molecule has 0 aromatic heterocycles. The van der Waals surface area contributed by atoms with Crippen LogP contribution in [0.25, 0.3) is 0 Å². The van der Waals surface area contributed by atoms with Crippen molar-refractivity contribution in [3.05, 3.63) is 81.8 Å². The van der Waals surface area contributed by atoms with E-state index < -0.39 is 23.6 Å². The van der Waals surface area contributed by atoms with Crippen LogP contribution >= 0.6 is 36.0 Å². The third kappa shape index (κ3) is 5.61. The van der Waals surface area contributed by atoms with Crippen LogP contribution in [0.3, 0.4) is 0 Å². The number of benzene rings is 3. The number of thiol groups is 1. The molecule has 166 valence electrons. The maximum absolute atomic E-state index is 13.4. The second-order valence-corrected chi connectivity index (χ2v) is 7.64. The summed E-state index contributed by atoms with van der Waals surface area (Å²) >= 11 is 16.1. The smallest absolute Gasteiger partial charge is 0.336 e. The summed E-state index contributed by atoms with van der Waals surface area (Å²) in [6, 6.07) is 11.0. The number of ether oxygens (including phenoxy) is 1. The van der Waals surface area contributed by atoms with Gasteiger partial charge in [0.15, 0.2) is 11.6 Å². The topological polar surface area (TPSA) is 70.7 Å². The molecule has 3 amide bonds. The third-order valence-corrected chi connectivity index (χ3v) is 4.99. The van der Waals surface area contributed by atoms with Crippen molar-refractivity contribution in [2.24, 2.45) is 0 Å². The van der Waals surface area contributed by atoms with Crippen molar-refractivity contribution in [3.63, 3.8) is 0 Å². The van der Waals surface area contributed by atoms with E-state index in [-0.39, 0.29) is 22.7 Å². The first kappa shape index (κ1) is 23.6. The molecule has 3 rings (SSSR count). The van der Waals surface area contributed by atoms with Gasteiger partial charge in [-0.05, 0) is 48.5 Å². The highest BCUT2D eigenvalue weighted by Gasteiger charge is 2.20. The molecule has 0 saturated carbocycles. The Bertz CT molecular complexity index is 1180. The number of methoxy groups -OCH3 is 1. The lowest BCUT2D eigenvalue weighted by molar-refractivity contribution is 0.102. The highest BCUT2D eigenvalue weighted by atomic mass is 35.5. The van der Waals surface area contributed by atoms with Gasteiger partial charge in [-0.25, -0.2) is 17.9 Å². The fourth-order valence-electron chi connectivity index (χ4n) is 2.69. The number of anilines is 3. The Balaban J connectivity index is 1.83. The minimum atomic E-state index is -1.10. The van der Waals surface area contributed by atoms with Crippen molar-refractivity contribution in [3.8, 4) is 5.75 Å². The molecular formula is C21H15Cl2F2N3O3S. The van der Waals surface area contributed by atoms with E-state index in [1.165, 1.54) is 49.6 Å². The number of hydrogen-bond acceptors (Lipinski definition) is 4. The van der Waals surface area contributed by atoms with Crippen LogP contribution in [-0.4, -0.2) is 19.0 Å². The van der Waals surface area contributed by atoms with E-state index in [9.17, 15) is 18.4 Å². The average Bonchev–Trinajstić information content (AvgIpc) is 2.74. The molecule has 0 bridgehead atoms. The number of rotatable bonds is 5. The summed E-state index contributed by atoms with van der Waals surface area (Å²) in [4.78, 5) is 25.2. The normalized spacial score (nSPS) is 10.4. The molecule has 0 aliphatic carbocycles. The van der Waals surface area contributed by atoms with Crippen molar-refractivity contribution >= 4 is 65.0 Å². The minimum Gasteiger partial charge on any atom is -0.495 e. The molecule has 6 nitrogen and oxygen atoms in total.